The van der Waals surface area contributed by atoms with Gasteiger partial charge in [-0.25, -0.2) is 4.39 Å². The van der Waals surface area contributed by atoms with Crippen molar-refractivity contribution in [1.82, 2.24) is 0 Å². The number of hydrogen-bond acceptors (Lipinski definition) is 3. The molecule has 0 aliphatic carbocycles. The Bertz CT molecular complexity index is 569. The summed E-state index contributed by atoms with van der Waals surface area (Å²) in [6.07, 6.45) is 0.662. The smallest absolute Gasteiger partial charge is 0.201 e. The minimum Gasteiger partial charge on any atom is -0.443 e. The molecule has 1 aromatic heterocycles. The van der Waals surface area contributed by atoms with Gasteiger partial charge in [0.1, 0.15) is 0 Å². The van der Waals surface area contributed by atoms with E-state index >= 15 is 0 Å². The minimum absolute atomic E-state index is 0.226. The van der Waals surface area contributed by atoms with Crippen molar-refractivity contribution in [3.05, 3.63) is 45.2 Å². The van der Waals surface area contributed by atoms with E-state index in [0.717, 1.165) is 17.4 Å². The summed E-state index contributed by atoms with van der Waals surface area (Å²) in [4.78, 5) is 10.9. The maximum atomic E-state index is 13.4. The van der Waals surface area contributed by atoms with Gasteiger partial charge in [0.25, 0.3) is 0 Å². The van der Waals surface area contributed by atoms with Gasteiger partial charge >= 0.3 is 0 Å². The molecule has 1 heterocycles. The Morgan fingerprint density at radius 1 is 1.29 bits per heavy atom. The molecule has 0 spiro atoms. The van der Waals surface area contributed by atoms with Crippen molar-refractivity contribution < 1.29 is 18.3 Å². The highest BCUT2D eigenvalue weighted by molar-refractivity contribution is 9.10. The van der Waals surface area contributed by atoms with Gasteiger partial charge in [0.2, 0.25) is 5.82 Å². The summed E-state index contributed by atoms with van der Waals surface area (Å²) in [5, 5.41) is 0.323. The van der Waals surface area contributed by atoms with Gasteiger partial charge in [-0.05, 0) is 24.3 Å². The lowest BCUT2D eigenvalue weighted by molar-refractivity contribution is 0.112. The normalized spacial score (nSPS) is 10.3. The van der Waals surface area contributed by atoms with Gasteiger partial charge in [0.05, 0.1) is 4.88 Å². The van der Waals surface area contributed by atoms with Crippen LogP contribution in [0.15, 0.2) is 28.7 Å². The summed E-state index contributed by atoms with van der Waals surface area (Å²) < 4.78 is 32.0. The molecule has 2 aromatic rings. The highest BCUT2D eigenvalue weighted by Gasteiger charge is 2.13. The molecule has 0 aliphatic rings. The number of benzene rings is 1. The van der Waals surface area contributed by atoms with Gasteiger partial charge in [0.15, 0.2) is 22.9 Å². The van der Waals surface area contributed by atoms with Crippen molar-refractivity contribution in [2.75, 3.05) is 0 Å². The number of halogens is 3. The number of thiophene rings is 1. The van der Waals surface area contributed by atoms with E-state index in [9.17, 15) is 13.6 Å². The Balaban J connectivity index is 2.32. The lowest BCUT2D eigenvalue weighted by Crippen LogP contribution is -1.90. The topological polar surface area (TPSA) is 26.3 Å². The third-order valence-corrected chi connectivity index (χ3v) is 3.23. The van der Waals surface area contributed by atoms with Crippen LogP contribution >= 0.6 is 27.3 Å². The number of carbonyl (C=O) groups excluding carboxylic acids is 1. The molecule has 88 valence electrons. The fourth-order valence-electron chi connectivity index (χ4n) is 1.17. The van der Waals surface area contributed by atoms with Crippen LogP contribution in [0.3, 0.4) is 0 Å². The molecule has 2 nitrogen and oxygen atoms in total. The van der Waals surface area contributed by atoms with Gasteiger partial charge in [-0.1, -0.05) is 27.3 Å². The van der Waals surface area contributed by atoms with Crippen molar-refractivity contribution in [3.8, 4) is 10.8 Å². The second-order valence-corrected chi connectivity index (χ2v) is 5.07. The maximum absolute atomic E-state index is 13.4. The maximum Gasteiger partial charge on any atom is 0.201 e. The Kier molecular flexibility index (Phi) is 3.54. The van der Waals surface area contributed by atoms with E-state index in [-0.39, 0.29) is 5.75 Å². The first-order chi connectivity index (χ1) is 8.10. The number of carbonyl (C=O) groups is 1. The lowest BCUT2D eigenvalue weighted by atomic mass is 10.3. The van der Waals surface area contributed by atoms with Crippen LogP contribution in [0.2, 0.25) is 0 Å². The first-order valence-corrected chi connectivity index (χ1v) is 6.08. The van der Waals surface area contributed by atoms with Crippen LogP contribution in [-0.4, -0.2) is 6.29 Å². The average Bonchev–Trinajstić information content (AvgIpc) is 2.73. The summed E-state index contributed by atoms with van der Waals surface area (Å²) >= 11 is 4.09. The molecule has 0 unspecified atom stereocenters. The number of aldehydes is 1. The molecule has 1 aromatic carbocycles. The van der Waals surface area contributed by atoms with Gasteiger partial charge in [-0.15, -0.1) is 0 Å². The van der Waals surface area contributed by atoms with Crippen molar-refractivity contribution in [2.45, 2.75) is 0 Å². The summed E-state index contributed by atoms with van der Waals surface area (Å²) in [7, 11) is 0. The summed E-state index contributed by atoms with van der Waals surface area (Å²) in [5.41, 5.74) is 0. The first-order valence-electron chi connectivity index (χ1n) is 4.47. The van der Waals surface area contributed by atoms with Crippen molar-refractivity contribution in [2.24, 2.45) is 0 Å². The van der Waals surface area contributed by atoms with E-state index in [4.69, 9.17) is 4.74 Å². The van der Waals surface area contributed by atoms with Crippen molar-refractivity contribution in [3.63, 3.8) is 0 Å². The largest absolute Gasteiger partial charge is 0.443 e. The van der Waals surface area contributed by atoms with Gasteiger partial charge in [0, 0.05) is 4.47 Å². The fourth-order valence-corrected chi connectivity index (χ4v) is 2.26. The highest BCUT2D eigenvalue weighted by atomic mass is 79.9. The molecule has 2 rings (SSSR count). The molecule has 6 heteroatoms. The molecule has 0 radical (unpaired) electrons. The Morgan fingerprint density at radius 3 is 2.71 bits per heavy atom. The molecule has 17 heavy (non-hydrogen) atoms. The van der Waals surface area contributed by atoms with E-state index in [1.807, 2.05) is 0 Å². The predicted molar refractivity (Wildman–Crippen MR) is 63.8 cm³/mol. The van der Waals surface area contributed by atoms with Crippen LogP contribution in [0.1, 0.15) is 9.67 Å². The second-order valence-electron chi connectivity index (χ2n) is 3.08. The molecular formula is C11H5BrF2O2S. The van der Waals surface area contributed by atoms with Crippen LogP contribution in [0.4, 0.5) is 8.78 Å². The highest BCUT2D eigenvalue weighted by Crippen LogP contribution is 2.33. The second kappa shape index (κ2) is 4.93. The third-order valence-electron chi connectivity index (χ3n) is 1.89. The monoisotopic (exact) mass is 318 g/mol. The molecule has 0 saturated heterocycles. The van der Waals surface area contributed by atoms with Crippen molar-refractivity contribution >= 4 is 33.6 Å². The first kappa shape index (κ1) is 12.2. The van der Waals surface area contributed by atoms with Crippen LogP contribution in [-0.2, 0) is 0 Å². The Labute approximate surface area is 108 Å². The third kappa shape index (κ3) is 2.70. The van der Waals surface area contributed by atoms with E-state index < -0.39 is 11.6 Å². The number of ether oxygens (including phenoxy) is 1. The molecule has 0 bridgehead atoms. The van der Waals surface area contributed by atoms with Crippen molar-refractivity contribution in [1.29, 1.82) is 0 Å². The molecule has 0 amide bonds. The molecular weight excluding hydrogens is 314 g/mol. The van der Waals surface area contributed by atoms with Crippen LogP contribution < -0.4 is 4.74 Å². The summed E-state index contributed by atoms with van der Waals surface area (Å²) in [6, 6.07) is 5.39. The van der Waals surface area contributed by atoms with Crippen LogP contribution in [0.5, 0.6) is 10.8 Å². The average molecular weight is 319 g/mol. The van der Waals surface area contributed by atoms with Crippen LogP contribution in [0.25, 0.3) is 0 Å². The predicted octanol–water partition coefficient (Wildman–Crippen LogP) is 4.39. The van der Waals surface area contributed by atoms with Gasteiger partial charge in [-0.2, -0.15) is 4.39 Å². The SMILES string of the molecule is O=Cc1ccc(Oc2cc(Br)cc(F)c2F)s1. The minimum atomic E-state index is -1.06. The Hall–Kier alpha value is -1.27. The molecule has 0 fully saturated rings. The number of rotatable bonds is 3. The molecule has 0 aliphatic heterocycles. The molecule has 0 saturated carbocycles. The van der Waals surface area contributed by atoms with Crippen LogP contribution in [0, 0.1) is 11.6 Å². The van der Waals surface area contributed by atoms with Gasteiger partial charge < -0.3 is 4.74 Å². The fraction of sp³-hybridized carbons (Fsp3) is 0. The quantitative estimate of drug-likeness (QED) is 0.619. The van der Waals surface area contributed by atoms with E-state index in [2.05, 4.69) is 15.9 Å². The molecule has 0 atom stereocenters. The van der Waals surface area contributed by atoms with E-state index in [0.29, 0.717) is 20.7 Å². The van der Waals surface area contributed by atoms with Gasteiger partial charge in [-0.3, -0.25) is 4.79 Å². The zero-order valence-corrected chi connectivity index (χ0v) is 10.6. The Morgan fingerprint density at radius 2 is 2.06 bits per heavy atom. The molecule has 0 N–H and O–H groups in total. The number of hydrogen-bond donors (Lipinski definition) is 0. The standard InChI is InChI=1S/C11H5BrF2O2S/c12-6-3-8(13)11(14)9(4-6)16-10-2-1-7(5-15)17-10/h1-5H. The van der Waals surface area contributed by atoms with E-state index in [1.165, 1.54) is 12.1 Å². The van der Waals surface area contributed by atoms with E-state index in [1.54, 1.807) is 6.07 Å². The zero-order valence-electron chi connectivity index (χ0n) is 8.25. The zero-order chi connectivity index (χ0) is 12.4. The summed E-state index contributed by atoms with van der Waals surface area (Å²) in [5.74, 6) is -2.29. The summed E-state index contributed by atoms with van der Waals surface area (Å²) in [6.45, 7) is 0. The lowest BCUT2D eigenvalue weighted by Gasteiger charge is -2.05.